The van der Waals surface area contributed by atoms with Gasteiger partial charge in [0, 0.05) is 5.56 Å². The van der Waals surface area contributed by atoms with Gasteiger partial charge in [-0.1, -0.05) is 12.1 Å². The van der Waals surface area contributed by atoms with Crippen molar-refractivity contribution in [3.63, 3.8) is 0 Å². The second kappa shape index (κ2) is 7.07. The van der Waals surface area contributed by atoms with Gasteiger partial charge in [-0.05, 0) is 56.2 Å². The minimum atomic E-state index is -1.04. The fourth-order valence-corrected chi connectivity index (χ4v) is 3.17. The first kappa shape index (κ1) is 17.8. The van der Waals surface area contributed by atoms with Crippen LogP contribution in [-0.4, -0.2) is 36.2 Å². The molecule has 0 saturated heterocycles. The molecule has 1 aliphatic rings. The van der Waals surface area contributed by atoms with E-state index in [1.54, 1.807) is 30.9 Å². The number of aliphatic carboxylic acids is 1. The third-order valence-electron chi connectivity index (χ3n) is 4.22. The van der Waals surface area contributed by atoms with Crippen LogP contribution in [0.2, 0.25) is 0 Å². The summed E-state index contributed by atoms with van der Waals surface area (Å²) in [5.41, 5.74) is 2.73. The number of fused-ring (bicyclic) bond motifs is 1. The minimum absolute atomic E-state index is 0.103. The number of hydrogen-bond donors (Lipinski definition) is 1. The van der Waals surface area contributed by atoms with Gasteiger partial charge in [-0.2, -0.15) is 0 Å². The van der Waals surface area contributed by atoms with Crippen LogP contribution in [0.5, 0.6) is 11.5 Å². The topological polar surface area (TPSA) is 76.1 Å². The van der Waals surface area contributed by atoms with Gasteiger partial charge in [-0.25, -0.2) is 4.79 Å². The number of para-hydroxylation sites is 2. The maximum Gasteiger partial charge on any atom is 0.341 e. The molecule has 1 aliphatic heterocycles. The lowest BCUT2D eigenvalue weighted by atomic mass is 10.0. The smallest absolute Gasteiger partial charge is 0.341 e. The number of rotatable bonds is 4. The Morgan fingerprint density at radius 2 is 1.88 bits per heavy atom. The molecule has 1 unspecified atom stereocenters. The van der Waals surface area contributed by atoms with Gasteiger partial charge in [0.1, 0.15) is 17.6 Å². The highest BCUT2D eigenvalue weighted by Gasteiger charge is 2.28. The molecule has 0 radical (unpaired) electrons. The van der Waals surface area contributed by atoms with Crippen molar-refractivity contribution in [1.82, 2.24) is 0 Å². The fraction of sp³-hybridized carbons (Fsp3) is 0.300. The van der Waals surface area contributed by atoms with E-state index in [9.17, 15) is 9.59 Å². The monoisotopic (exact) mass is 355 g/mol. The molecule has 0 aromatic heterocycles. The summed E-state index contributed by atoms with van der Waals surface area (Å²) in [5, 5.41) is 8.79. The standard InChI is InChI=1S/C20H21NO5/c1-12-8-15(9-13(2)19(12)25-11-18(22)23)20(24)21-10-14(3)26-17-7-5-4-6-16(17)21/h4-9,14H,10-11H2,1-3H3,(H,22,23). The average Bonchev–Trinajstić information content (AvgIpc) is 2.59. The summed E-state index contributed by atoms with van der Waals surface area (Å²) in [6, 6.07) is 10.9. The molecule has 6 nitrogen and oxygen atoms in total. The first-order valence-electron chi connectivity index (χ1n) is 8.40. The predicted molar refractivity (Wildman–Crippen MR) is 97.3 cm³/mol. The molecule has 1 atom stereocenters. The van der Waals surface area contributed by atoms with Crippen molar-refractivity contribution in [2.24, 2.45) is 0 Å². The average molecular weight is 355 g/mol. The first-order chi connectivity index (χ1) is 12.4. The highest BCUT2D eigenvalue weighted by Crippen LogP contribution is 2.34. The van der Waals surface area contributed by atoms with Crippen LogP contribution in [0.3, 0.4) is 0 Å². The van der Waals surface area contributed by atoms with E-state index in [1.807, 2.05) is 31.2 Å². The number of carboxylic acid groups (broad SMARTS) is 1. The molecule has 0 saturated carbocycles. The number of carboxylic acids is 1. The summed E-state index contributed by atoms with van der Waals surface area (Å²) in [5.74, 6) is 0.0283. The third kappa shape index (κ3) is 3.49. The number of carbonyl (C=O) groups excluding carboxylic acids is 1. The van der Waals surface area contributed by atoms with Crippen LogP contribution < -0.4 is 14.4 Å². The van der Waals surface area contributed by atoms with Crippen molar-refractivity contribution in [2.75, 3.05) is 18.1 Å². The number of hydrogen-bond acceptors (Lipinski definition) is 4. The lowest BCUT2D eigenvalue weighted by molar-refractivity contribution is -0.139. The summed E-state index contributed by atoms with van der Waals surface area (Å²) in [7, 11) is 0. The molecular formula is C20H21NO5. The summed E-state index contributed by atoms with van der Waals surface area (Å²) in [6.45, 7) is 5.58. The molecule has 0 spiro atoms. The fourth-order valence-electron chi connectivity index (χ4n) is 3.17. The Labute approximate surface area is 152 Å². The highest BCUT2D eigenvalue weighted by molar-refractivity contribution is 6.07. The van der Waals surface area contributed by atoms with Crippen molar-refractivity contribution in [2.45, 2.75) is 26.9 Å². The van der Waals surface area contributed by atoms with E-state index >= 15 is 0 Å². The normalized spacial score (nSPS) is 15.8. The van der Waals surface area contributed by atoms with Gasteiger partial charge in [0.05, 0.1) is 12.2 Å². The zero-order valence-corrected chi connectivity index (χ0v) is 15.0. The molecule has 2 aromatic carbocycles. The Balaban J connectivity index is 1.92. The van der Waals surface area contributed by atoms with Crippen molar-refractivity contribution in [3.8, 4) is 11.5 Å². The minimum Gasteiger partial charge on any atom is -0.487 e. The van der Waals surface area contributed by atoms with E-state index in [2.05, 4.69) is 0 Å². The molecule has 0 aliphatic carbocycles. The van der Waals surface area contributed by atoms with E-state index < -0.39 is 12.6 Å². The van der Waals surface area contributed by atoms with E-state index in [1.165, 1.54) is 0 Å². The molecule has 26 heavy (non-hydrogen) atoms. The van der Waals surface area contributed by atoms with Crippen LogP contribution in [0.4, 0.5) is 5.69 Å². The quantitative estimate of drug-likeness (QED) is 0.911. The van der Waals surface area contributed by atoms with Crippen molar-refractivity contribution < 1.29 is 24.2 Å². The summed E-state index contributed by atoms with van der Waals surface area (Å²) in [6.07, 6.45) is -0.103. The number of carbonyl (C=O) groups is 2. The molecule has 6 heteroatoms. The van der Waals surface area contributed by atoms with E-state index in [0.717, 1.165) is 16.8 Å². The molecular weight excluding hydrogens is 334 g/mol. The number of aryl methyl sites for hydroxylation is 2. The Hall–Kier alpha value is -3.02. The summed E-state index contributed by atoms with van der Waals surface area (Å²) in [4.78, 5) is 25.6. The number of nitrogens with zero attached hydrogens (tertiary/aromatic N) is 1. The largest absolute Gasteiger partial charge is 0.487 e. The van der Waals surface area contributed by atoms with E-state index in [0.29, 0.717) is 23.6 Å². The Bertz CT molecular complexity index is 838. The summed E-state index contributed by atoms with van der Waals surface area (Å²) < 4.78 is 11.1. The number of ether oxygens (including phenoxy) is 2. The van der Waals surface area contributed by atoms with E-state index in [4.69, 9.17) is 14.6 Å². The number of anilines is 1. The number of amides is 1. The third-order valence-corrected chi connectivity index (χ3v) is 4.22. The van der Waals surface area contributed by atoms with Crippen molar-refractivity contribution >= 4 is 17.6 Å². The van der Waals surface area contributed by atoms with Crippen molar-refractivity contribution in [1.29, 1.82) is 0 Å². The van der Waals surface area contributed by atoms with E-state index in [-0.39, 0.29) is 12.0 Å². The molecule has 3 rings (SSSR count). The lowest BCUT2D eigenvalue weighted by Crippen LogP contribution is -2.42. The van der Waals surface area contributed by atoms with Crippen LogP contribution in [0.1, 0.15) is 28.4 Å². The van der Waals surface area contributed by atoms with Gasteiger partial charge in [0.25, 0.3) is 5.91 Å². The zero-order chi connectivity index (χ0) is 18.8. The first-order valence-corrected chi connectivity index (χ1v) is 8.40. The second-order valence-corrected chi connectivity index (χ2v) is 6.43. The number of benzene rings is 2. The highest BCUT2D eigenvalue weighted by atomic mass is 16.5. The van der Waals surface area contributed by atoms with Crippen LogP contribution in [-0.2, 0) is 4.79 Å². The molecule has 1 N–H and O–H groups in total. The Morgan fingerprint density at radius 3 is 2.54 bits per heavy atom. The Kier molecular flexibility index (Phi) is 4.84. The van der Waals surface area contributed by atoms with Gasteiger partial charge in [-0.15, -0.1) is 0 Å². The molecule has 0 fully saturated rings. The van der Waals surface area contributed by atoms with Crippen LogP contribution in [0.15, 0.2) is 36.4 Å². The molecule has 0 bridgehead atoms. The zero-order valence-electron chi connectivity index (χ0n) is 15.0. The molecule has 1 amide bonds. The van der Waals surface area contributed by atoms with Gasteiger partial charge in [-0.3, -0.25) is 4.79 Å². The SMILES string of the molecule is Cc1cc(C(=O)N2CC(C)Oc3ccccc32)cc(C)c1OCC(=O)O. The van der Waals surface area contributed by atoms with Gasteiger partial charge >= 0.3 is 5.97 Å². The molecule has 1 heterocycles. The predicted octanol–water partition coefficient (Wildman–Crippen LogP) is 3.19. The second-order valence-electron chi connectivity index (χ2n) is 6.43. The maximum absolute atomic E-state index is 13.1. The van der Waals surface area contributed by atoms with Crippen molar-refractivity contribution in [3.05, 3.63) is 53.1 Å². The molecule has 136 valence electrons. The van der Waals surface area contributed by atoms with Gasteiger partial charge in [0.15, 0.2) is 6.61 Å². The van der Waals surface area contributed by atoms with Gasteiger partial charge in [0.2, 0.25) is 0 Å². The Morgan fingerprint density at radius 1 is 1.23 bits per heavy atom. The summed E-state index contributed by atoms with van der Waals surface area (Å²) >= 11 is 0. The van der Waals surface area contributed by atoms with Crippen LogP contribution >= 0.6 is 0 Å². The maximum atomic E-state index is 13.1. The van der Waals surface area contributed by atoms with Gasteiger partial charge < -0.3 is 19.5 Å². The molecule has 2 aromatic rings. The lowest BCUT2D eigenvalue weighted by Gasteiger charge is -2.33. The van der Waals surface area contributed by atoms with Crippen LogP contribution in [0.25, 0.3) is 0 Å². The van der Waals surface area contributed by atoms with Crippen LogP contribution in [0, 0.1) is 13.8 Å².